The lowest BCUT2D eigenvalue weighted by atomic mass is 10.0. The molecule has 4 rings (SSSR count). The molecule has 0 aliphatic heterocycles. The summed E-state index contributed by atoms with van der Waals surface area (Å²) in [5.74, 6) is 0.148. The number of nitriles is 1. The molecule has 1 aromatic carbocycles. The van der Waals surface area contributed by atoms with E-state index in [0.29, 0.717) is 16.2 Å². The van der Waals surface area contributed by atoms with Crippen molar-refractivity contribution < 1.29 is 17.7 Å². The summed E-state index contributed by atoms with van der Waals surface area (Å²) in [5, 5.41) is 13.3. The fourth-order valence-electron chi connectivity index (χ4n) is 4.15. The van der Waals surface area contributed by atoms with Gasteiger partial charge in [-0.2, -0.15) is 18.4 Å². The van der Waals surface area contributed by atoms with E-state index in [2.05, 4.69) is 20.3 Å². The van der Waals surface area contributed by atoms with Crippen molar-refractivity contribution in [2.75, 3.05) is 18.6 Å². The largest absolute Gasteiger partial charge is 0.419 e. The van der Waals surface area contributed by atoms with Crippen molar-refractivity contribution in [3.63, 3.8) is 0 Å². The lowest BCUT2D eigenvalue weighted by Crippen LogP contribution is -2.18. The van der Waals surface area contributed by atoms with Gasteiger partial charge in [-0.15, -0.1) is 0 Å². The van der Waals surface area contributed by atoms with Crippen molar-refractivity contribution in [2.24, 2.45) is 0 Å². The number of anilines is 1. The SMILES string of the molecule is CP(C)(=O)c1c(C#N)ccc2c(-c3nc(NC4CCCC4)ncc3C(F)(F)F)c[nH]c12. The second kappa shape index (κ2) is 7.69. The van der Waals surface area contributed by atoms with Gasteiger partial charge in [-0.25, -0.2) is 9.97 Å². The first-order chi connectivity index (χ1) is 14.6. The van der Waals surface area contributed by atoms with E-state index >= 15 is 0 Å². The molecule has 2 heterocycles. The van der Waals surface area contributed by atoms with Crippen LogP contribution in [0.15, 0.2) is 24.5 Å². The molecule has 31 heavy (non-hydrogen) atoms. The third kappa shape index (κ3) is 4.05. The van der Waals surface area contributed by atoms with Crippen LogP contribution in [0.4, 0.5) is 19.1 Å². The lowest BCUT2D eigenvalue weighted by Gasteiger charge is -2.16. The number of hydrogen-bond donors (Lipinski definition) is 2. The number of hydrogen-bond acceptors (Lipinski definition) is 5. The molecule has 6 nitrogen and oxygen atoms in total. The standard InChI is InChI=1S/C21H21F3N5OP/c1-31(2,30)19-12(9-25)7-8-14-15(10-26-18(14)19)17-16(21(22,23)24)11-27-20(29-17)28-13-5-3-4-6-13/h7-8,10-11,13,26H,3-6H2,1-2H3,(H,27,28,29). The molecule has 0 bridgehead atoms. The Labute approximate surface area is 177 Å². The average molecular weight is 447 g/mol. The Hall–Kier alpha value is -2.85. The molecule has 1 aliphatic carbocycles. The second-order valence-electron chi connectivity index (χ2n) is 8.13. The maximum atomic E-state index is 13.8. The third-order valence-corrected chi connectivity index (χ3v) is 7.07. The van der Waals surface area contributed by atoms with Gasteiger partial charge >= 0.3 is 6.18 Å². The van der Waals surface area contributed by atoms with Crippen molar-refractivity contribution >= 4 is 29.3 Å². The molecular formula is C21H21F3N5OP. The zero-order valence-electron chi connectivity index (χ0n) is 17.0. The molecule has 2 N–H and O–H groups in total. The van der Waals surface area contributed by atoms with Gasteiger partial charge in [0.25, 0.3) is 0 Å². The number of H-pyrrole nitrogens is 1. The Balaban J connectivity index is 1.92. The highest BCUT2D eigenvalue weighted by molar-refractivity contribution is 7.70. The van der Waals surface area contributed by atoms with Gasteiger partial charge in [0, 0.05) is 29.4 Å². The molecule has 0 spiro atoms. The molecule has 2 aromatic heterocycles. The van der Waals surface area contributed by atoms with E-state index in [4.69, 9.17) is 0 Å². The van der Waals surface area contributed by atoms with E-state index in [1.807, 2.05) is 6.07 Å². The Morgan fingerprint density at radius 2 is 1.97 bits per heavy atom. The van der Waals surface area contributed by atoms with Gasteiger partial charge in [0.15, 0.2) is 0 Å². The highest BCUT2D eigenvalue weighted by Crippen LogP contribution is 2.43. The van der Waals surface area contributed by atoms with Crippen molar-refractivity contribution in [3.05, 3.63) is 35.7 Å². The summed E-state index contributed by atoms with van der Waals surface area (Å²) >= 11 is 0. The van der Waals surface area contributed by atoms with Crippen molar-refractivity contribution in [3.8, 4) is 17.3 Å². The Bertz CT molecular complexity index is 1230. The van der Waals surface area contributed by atoms with Crippen LogP contribution >= 0.6 is 7.14 Å². The van der Waals surface area contributed by atoms with E-state index < -0.39 is 18.9 Å². The zero-order valence-corrected chi connectivity index (χ0v) is 17.9. The fourth-order valence-corrected chi connectivity index (χ4v) is 5.57. The van der Waals surface area contributed by atoms with E-state index in [9.17, 15) is 23.0 Å². The Morgan fingerprint density at radius 3 is 2.58 bits per heavy atom. The lowest BCUT2D eigenvalue weighted by molar-refractivity contribution is -0.137. The number of aromatic amines is 1. The second-order valence-corrected chi connectivity index (χ2v) is 11.3. The van der Waals surface area contributed by atoms with Gasteiger partial charge in [0.05, 0.1) is 28.1 Å². The summed E-state index contributed by atoms with van der Waals surface area (Å²) < 4.78 is 54.1. The summed E-state index contributed by atoms with van der Waals surface area (Å²) in [5.41, 5.74) is -0.367. The van der Waals surface area contributed by atoms with Gasteiger partial charge in [-0.3, -0.25) is 0 Å². The van der Waals surface area contributed by atoms with Crippen LogP contribution in [-0.2, 0) is 10.7 Å². The molecule has 1 saturated carbocycles. The minimum atomic E-state index is -4.65. The summed E-state index contributed by atoms with van der Waals surface area (Å²) in [6.45, 7) is 3.05. The number of nitrogens with one attached hydrogen (secondary N) is 2. The number of halogens is 3. The number of benzene rings is 1. The third-order valence-electron chi connectivity index (χ3n) is 5.53. The van der Waals surface area contributed by atoms with Gasteiger partial charge in [0.2, 0.25) is 5.95 Å². The van der Waals surface area contributed by atoms with Crippen LogP contribution < -0.4 is 10.6 Å². The van der Waals surface area contributed by atoms with Crippen LogP contribution in [0.25, 0.3) is 22.2 Å². The average Bonchev–Trinajstić information content (AvgIpc) is 3.34. The smallest absolute Gasteiger partial charge is 0.360 e. The first-order valence-corrected chi connectivity index (χ1v) is 12.5. The number of nitrogens with zero attached hydrogens (tertiary/aromatic N) is 3. The van der Waals surface area contributed by atoms with E-state index in [0.717, 1.165) is 31.9 Å². The molecule has 162 valence electrons. The minimum absolute atomic E-state index is 0.142. The predicted octanol–water partition coefficient (Wildman–Crippen LogP) is 5.12. The monoisotopic (exact) mass is 447 g/mol. The highest BCUT2D eigenvalue weighted by atomic mass is 31.2. The van der Waals surface area contributed by atoms with Crippen LogP contribution in [0.5, 0.6) is 0 Å². The van der Waals surface area contributed by atoms with E-state index in [-0.39, 0.29) is 28.8 Å². The summed E-state index contributed by atoms with van der Waals surface area (Å²) in [6, 6.07) is 5.21. The maximum absolute atomic E-state index is 13.8. The summed E-state index contributed by atoms with van der Waals surface area (Å²) in [4.78, 5) is 11.1. The quantitative estimate of drug-likeness (QED) is 0.542. The van der Waals surface area contributed by atoms with Gasteiger partial charge in [0.1, 0.15) is 12.7 Å². The van der Waals surface area contributed by atoms with Crippen LogP contribution in [-0.4, -0.2) is 34.3 Å². The van der Waals surface area contributed by atoms with Crippen LogP contribution in [0.1, 0.15) is 36.8 Å². The highest BCUT2D eigenvalue weighted by Gasteiger charge is 2.36. The van der Waals surface area contributed by atoms with Crippen LogP contribution in [0.3, 0.4) is 0 Å². The first-order valence-electron chi connectivity index (χ1n) is 9.90. The molecule has 0 unspecified atom stereocenters. The summed E-state index contributed by atoms with van der Waals surface area (Å²) in [6.07, 6.45) is 1.54. The van der Waals surface area contributed by atoms with Gasteiger partial charge in [-0.05, 0) is 32.2 Å². The molecule has 10 heteroatoms. The van der Waals surface area contributed by atoms with Crippen LogP contribution in [0.2, 0.25) is 0 Å². The first kappa shape index (κ1) is 21.4. The number of rotatable bonds is 4. The molecule has 1 fully saturated rings. The fraction of sp³-hybridized carbons (Fsp3) is 0.381. The molecule has 1 aliphatic rings. The van der Waals surface area contributed by atoms with Crippen molar-refractivity contribution in [1.82, 2.24) is 15.0 Å². The maximum Gasteiger partial charge on any atom is 0.419 e. The number of fused-ring (bicyclic) bond motifs is 1. The van der Waals surface area contributed by atoms with Crippen LogP contribution in [0, 0.1) is 11.3 Å². The van der Waals surface area contributed by atoms with Gasteiger partial charge in [-0.1, -0.05) is 18.9 Å². The molecule has 0 saturated heterocycles. The van der Waals surface area contributed by atoms with Crippen molar-refractivity contribution in [1.29, 1.82) is 5.26 Å². The minimum Gasteiger partial charge on any atom is -0.360 e. The number of aromatic nitrogens is 3. The van der Waals surface area contributed by atoms with Gasteiger partial charge < -0.3 is 14.9 Å². The topological polar surface area (TPSA) is 94.5 Å². The summed E-state index contributed by atoms with van der Waals surface area (Å²) in [7, 11) is -2.89. The Kier molecular flexibility index (Phi) is 5.30. The number of alkyl halides is 3. The Morgan fingerprint density at radius 1 is 1.26 bits per heavy atom. The normalized spacial score (nSPS) is 15.4. The molecule has 0 atom stereocenters. The molecular weight excluding hydrogens is 426 g/mol. The van der Waals surface area contributed by atoms with Crippen molar-refractivity contribution in [2.45, 2.75) is 37.9 Å². The van der Waals surface area contributed by atoms with E-state index in [1.54, 1.807) is 6.07 Å². The van der Waals surface area contributed by atoms with E-state index in [1.165, 1.54) is 25.6 Å². The molecule has 0 amide bonds. The predicted molar refractivity (Wildman–Crippen MR) is 114 cm³/mol. The molecule has 3 aromatic rings. The zero-order chi connectivity index (χ0) is 22.4. The molecule has 0 radical (unpaired) electrons.